The predicted octanol–water partition coefficient (Wildman–Crippen LogP) is 4.74. The molecule has 0 radical (unpaired) electrons. The molecule has 0 aromatic carbocycles. The first-order valence-corrected chi connectivity index (χ1v) is 14.8. The summed E-state index contributed by atoms with van der Waals surface area (Å²) < 4.78 is 18.2. The topological polar surface area (TPSA) is 102 Å². The molecule has 5 aliphatic rings. The number of rotatable bonds is 3. The monoisotopic (exact) mass is 544 g/mol. The number of aliphatic hydroxyl groups is 2. The number of allylic oxidation sites excluding steroid dienone is 2. The summed E-state index contributed by atoms with van der Waals surface area (Å²) in [5, 5.41) is 21.4. The second-order valence-corrected chi connectivity index (χ2v) is 14.8. The molecule has 0 amide bonds. The van der Waals surface area contributed by atoms with Gasteiger partial charge >= 0.3 is 11.9 Å². The molecule has 39 heavy (non-hydrogen) atoms. The second-order valence-electron chi connectivity index (χ2n) is 14.8. The van der Waals surface area contributed by atoms with Gasteiger partial charge in [0.05, 0.1) is 18.3 Å². The molecule has 0 unspecified atom stereocenters. The molecule has 3 fully saturated rings. The molecule has 0 bridgehead atoms. The zero-order valence-electron chi connectivity index (χ0n) is 25.0. The summed E-state index contributed by atoms with van der Waals surface area (Å²) in [7, 11) is 0. The van der Waals surface area contributed by atoms with Crippen LogP contribution in [0.5, 0.6) is 0 Å². The van der Waals surface area contributed by atoms with Crippen LogP contribution in [0.3, 0.4) is 0 Å². The molecule has 2 saturated carbocycles. The van der Waals surface area contributed by atoms with Crippen LogP contribution in [-0.4, -0.2) is 58.3 Å². The second kappa shape index (κ2) is 9.15. The molecule has 5 rings (SSSR count). The van der Waals surface area contributed by atoms with Crippen LogP contribution in [-0.2, 0) is 23.8 Å². The first-order chi connectivity index (χ1) is 17.9. The maximum Gasteiger partial charge on any atom is 0.330 e. The van der Waals surface area contributed by atoms with E-state index in [0.29, 0.717) is 19.4 Å². The van der Waals surface area contributed by atoms with Gasteiger partial charge in [-0.1, -0.05) is 38.5 Å². The largest absolute Gasteiger partial charge is 0.462 e. The van der Waals surface area contributed by atoms with E-state index in [4.69, 9.17) is 14.2 Å². The Morgan fingerprint density at radius 2 is 1.82 bits per heavy atom. The quantitative estimate of drug-likeness (QED) is 0.391. The van der Waals surface area contributed by atoms with Gasteiger partial charge in [-0.2, -0.15) is 0 Å². The van der Waals surface area contributed by atoms with Gasteiger partial charge < -0.3 is 24.4 Å². The van der Waals surface area contributed by atoms with Crippen molar-refractivity contribution in [2.75, 3.05) is 6.61 Å². The van der Waals surface area contributed by atoms with E-state index in [2.05, 4.69) is 32.9 Å². The molecule has 218 valence electrons. The van der Waals surface area contributed by atoms with Crippen molar-refractivity contribution in [2.45, 2.75) is 117 Å². The number of esters is 2. The van der Waals surface area contributed by atoms with Crippen LogP contribution in [0, 0.1) is 39.9 Å². The van der Waals surface area contributed by atoms with Gasteiger partial charge in [-0.15, -0.1) is 0 Å². The van der Waals surface area contributed by atoms with Crippen molar-refractivity contribution >= 4 is 11.9 Å². The molecular formula is C32H48O7. The summed E-state index contributed by atoms with van der Waals surface area (Å²) in [6.07, 6.45) is 8.43. The van der Waals surface area contributed by atoms with E-state index in [-0.39, 0.29) is 52.5 Å². The Balaban J connectivity index is 1.52. The minimum absolute atomic E-state index is 0.00191. The summed E-state index contributed by atoms with van der Waals surface area (Å²) in [6.45, 7) is 16.2. The highest BCUT2D eigenvalue weighted by atomic mass is 16.6. The third kappa shape index (κ3) is 4.33. The van der Waals surface area contributed by atoms with Crippen LogP contribution in [0.4, 0.5) is 0 Å². The third-order valence-electron chi connectivity index (χ3n) is 11.6. The maximum absolute atomic E-state index is 12.6. The van der Waals surface area contributed by atoms with Gasteiger partial charge in [-0.25, -0.2) is 4.79 Å². The van der Waals surface area contributed by atoms with E-state index in [9.17, 15) is 19.8 Å². The number of hydrogen-bond acceptors (Lipinski definition) is 7. The van der Waals surface area contributed by atoms with Crippen molar-refractivity contribution in [2.24, 2.45) is 39.9 Å². The lowest BCUT2D eigenvalue weighted by molar-refractivity contribution is -0.204. The molecule has 0 spiro atoms. The van der Waals surface area contributed by atoms with Crippen LogP contribution in [0.1, 0.15) is 87.5 Å². The molecule has 0 aromatic heterocycles. The maximum atomic E-state index is 12.6. The molecule has 2 aliphatic heterocycles. The van der Waals surface area contributed by atoms with Crippen molar-refractivity contribution in [1.82, 2.24) is 0 Å². The standard InChI is InChI=1S/C32H48O7/c1-18(33)38-25-16-24-29(4,5)39-26(35)12-14-31(24,7)23-11-13-30(6)20(9-10-22(30)32(23,25)8)19-15-21(34)27(37-17-19)28(2,3)36/h10,12,14,19-21,23-25,27,34,36H,9,11,13,15-17H2,1-8H3/t19-,20+,21-,23-,24+,25-,27-,30+,31-,32+/m1/s1. The molecule has 0 aromatic rings. The van der Waals surface area contributed by atoms with Crippen molar-refractivity contribution in [1.29, 1.82) is 0 Å². The Hall–Kier alpha value is -1.70. The molecule has 3 aliphatic carbocycles. The fourth-order valence-electron chi connectivity index (χ4n) is 10.1. The lowest BCUT2D eigenvalue weighted by atomic mass is 9.40. The van der Waals surface area contributed by atoms with E-state index in [1.165, 1.54) is 12.5 Å². The van der Waals surface area contributed by atoms with E-state index in [1.54, 1.807) is 19.9 Å². The predicted molar refractivity (Wildman–Crippen MR) is 146 cm³/mol. The number of cyclic esters (lactones) is 1. The fourth-order valence-corrected chi connectivity index (χ4v) is 10.1. The van der Waals surface area contributed by atoms with Crippen LogP contribution < -0.4 is 0 Å². The van der Waals surface area contributed by atoms with Gasteiger partial charge in [0.2, 0.25) is 0 Å². The van der Waals surface area contributed by atoms with Crippen LogP contribution in [0.15, 0.2) is 23.8 Å². The Morgan fingerprint density at radius 1 is 1.13 bits per heavy atom. The van der Waals surface area contributed by atoms with Crippen LogP contribution >= 0.6 is 0 Å². The first kappa shape index (κ1) is 28.8. The smallest absolute Gasteiger partial charge is 0.330 e. The fraction of sp³-hybridized carbons (Fsp3) is 0.812. The van der Waals surface area contributed by atoms with E-state index in [0.717, 1.165) is 19.3 Å². The van der Waals surface area contributed by atoms with Gasteiger partial charge in [0.25, 0.3) is 0 Å². The summed E-state index contributed by atoms with van der Waals surface area (Å²) in [5.74, 6) is 0.00672. The Bertz CT molecular complexity index is 1080. The zero-order valence-corrected chi connectivity index (χ0v) is 25.0. The number of carbonyl (C=O) groups is 2. The highest BCUT2D eigenvalue weighted by Crippen LogP contribution is 2.71. The molecular weight excluding hydrogens is 496 g/mol. The van der Waals surface area contributed by atoms with E-state index < -0.39 is 28.8 Å². The molecule has 7 nitrogen and oxygen atoms in total. The highest BCUT2D eigenvalue weighted by molar-refractivity contribution is 5.83. The van der Waals surface area contributed by atoms with Crippen molar-refractivity contribution < 1.29 is 34.0 Å². The SMILES string of the molecule is CC(=O)O[C@@H]1C[C@H]2C(C)(C)OC(=O)C=C[C@]2(C)[C@H]2CC[C@]3(C)C(=CC[C@H]3[C@H]3CO[C@@H](C(C)(C)O)[C@H](O)C3)[C@@]21C. The number of carbonyl (C=O) groups excluding carboxylic acids is 2. The Labute approximate surface area is 233 Å². The summed E-state index contributed by atoms with van der Waals surface area (Å²) in [4.78, 5) is 25.1. The van der Waals surface area contributed by atoms with Gasteiger partial charge in [0.1, 0.15) is 17.8 Å². The zero-order chi connectivity index (χ0) is 28.8. The van der Waals surface area contributed by atoms with E-state index in [1.807, 2.05) is 13.8 Å². The average molecular weight is 545 g/mol. The number of fused-ring (bicyclic) bond motifs is 5. The summed E-state index contributed by atoms with van der Waals surface area (Å²) in [6, 6.07) is 0. The number of aliphatic hydroxyl groups excluding tert-OH is 1. The molecule has 10 atom stereocenters. The summed E-state index contributed by atoms with van der Waals surface area (Å²) >= 11 is 0. The molecule has 1 saturated heterocycles. The lowest BCUT2D eigenvalue weighted by Crippen LogP contribution is -2.64. The number of hydrogen-bond donors (Lipinski definition) is 2. The lowest BCUT2D eigenvalue weighted by Gasteiger charge is -2.65. The van der Waals surface area contributed by atoms with Gasteiger partial charge in [-0.3, -0.25) is 4.79 Å². The first-order valence-electron chi connectivity index (χ1n) is 14.8. The molecule has 2 heterocycles. The Kier molecular flexibility index (Phi) is 6.76. The van der Waals surface area contributed by atoms with Crippen molar-refractivity contribution in [3.63, 3.8) is 0 Å². The molecule has 2 N–H and O–H groups in total. The summed E-state index contributed by atoms with van der Waals surface area (Å²) in [5.41, 5.74) is -1.30. The molecule has 7 heteroatoms. The van der Waals surface area contributed by atoms with Crippen LogP contribution in [0.25, 0.3) is 0 Å². The highest BCUT2D eigenvalue weighted by Gasteiger charge is 2.68. The van der Waals surface area contributed by atoms with Gasteiger partial charge in [-0.05, 0) is 88.4 Å². The van der Waals surface area contributed by atoms with Crippen molar-refractivity contribution in [3.8, 4) is 0 Å². The van der Waals surface area contributed by atoms with E-state index >= 15 is 0 Å². The average Bonchev–Trinajstić information content (AvgIpc) is 3.12. The minimum Gasteiger partial charge on any atom is -0.462 e. The Morgan fingerprint density at radius 3 is 2.44 bits per heavy atom. The minimum atomic E-state index is -1.10. The van der Waals surface area contributed by atoms with Crippen LogP contribution in [0.2, 0.25) is 0 Å². The normalized spacial score (nSPS) is 47.2. The van der Waals surface area contributed by atoms with Crippen molar-refractivity contribution in [3.05, 3.63) is 23.8 Å². The third-order valence-corrected chi connectivity index (χ3v) is 11.6. The number of ether oxygens (including phenoxy) is 3. The van der Waals surface area contributed by atoms with Gasteiger partial charge in [0, 0.05) is 24.3 Å². The van der Waals surface area contributed by atoms with Gasteiger partial charge in [0.15, 0.2) is 0 Å².